The number of Topliss-reactive ketones (excluding diaryl/α,β-unsaturated/α-hetero) is 1. The first-order valence-electron chi connectivity index (χ1n) is 9.88. The van der Waals surface area contributed by atoms with Crippen molar-refractivity contribution in [1.82, 2.24) is 9.80 Å². The van der Waals surface area contributed by atoms with Crippen LogP contribution in [0.15, 0.2) is 24.3 Å². The van der Waals surface area contributed by atoms with Crippen LogP contribution in [0.4, 0.5) is 0 Å². The Hall–Kier alpha value is -1.88. The molecule has 2 aliphatic carbocycles. The van der Waals surface area contributed by atoms with E-state index >= 15 is 0 Å². The van der Waals surface area contributed by atoms with E-state index in [0.29, 0.717) is 29.6 Å². The highest BCUT2D eigenvalue weighted by Gasteiger charge is 2.71. The van der Waals surface area contributed by atoms with Gasteiger partial charge in [-0.2, -0.15) is 0 Å². The molecule has 0 bridgehead atoms. The van der Waals surface area contributed by atoms with Crippen molar-refractivity contribution in [1.29, 1.82) is 0 Å². The Morgan fingerprint density at radius 3 is 2.92 bits per heavy atom. The van der Waals surface area contributed by atoms with E-state index in [1.807, 2.05) is 24.3 Å². The van der Waals surface area contributed by atoms with E-state index in [1.165, 1.54) is 0 Å². The Morgan fingerprint density at radius 2 is 2.04 bits per heavy atom. The standard InChI is InChI=1S/C21H26N2O3/c1-22-9-4-10-23(12-11-22)20(25)18-15-7-8-21(19(15)18)13-16(24)14-5-2-3-6-17(14)26-21/h2-3,5-6,15,18-19H,4,7-13H2,1H3/t15-,18+,19-,21-/m0/s1. The Labute approximate surface area is 154 Å². The Morgan fingerprint density at radius 1 is 1.19 bits per heavy atom. The van der Waals surface area contributed by atoms with E-state index < -0.39 is 5.60 Å². The number of nitrogens with zero attached hydrogens (tertiary/aromatic N) is 2. The molecule has 26 heavy (non-hydrogen) atoms. The third kappa shape index (κ3) is 2.40. The van der Waals surface area contributed by atoms with Gasteiger partial charge in [0.2, 0.25) is 5.91 Å². The lowest BCUT2D eigenvalue weighted by Crippen LogP contribution is -2.45. The number of rotatable bonds is 1. The van der Waals surface area contributed by atoms with Crippen molar-refractivity contribution in [2.45, 2.75) is 31.3 Å². The molecule has 2 heterocycles. The number of carbonyl (C=O) groups excluding carboxylic acids is 2. The largest absolute Gasteiger partial charge is 0.486 e. The molecule has 1 aromatic carbocycles. The first-order valence-corrected chi connectivity index (χ1v) is 9.88. The van der Waals surface area contributed by atoms with E-state index in [4.69, 9.17) is 4.74 Å². The molecule has 138 valence electrons. The number of amides is 1. The topological polar surface area (TPSA) is 49.9 Å². The van der Waals surface area contributed by atoms with Crippen LogP contribution < -0.4 is 4.74 Å². The molecule has 2 aliphatic heterocycles. The fourth-order valence-corrected chi connectivity index (χ4v) is 5.58. The molecule has 2 saturated carbocycles. The van der Waals surface area contributed by atoms with Crippen LogP contribution in [-0.4, -0.2) is 60.3 Å². The van der Waals surface area contributed by atoms with E-state index in [9.17, 15) is 9.59 Å². The van der Waals surface area contributed by atoms with Gasteiger partial charge in [0.15, 0.2) is 5.78 Å². The van der Waals surface area contributed by atoms with Gasteiger partial charge in [-0.15, -0.1) is 0 Å². The number of ether oxygens (including phenoxy) is 1. The second kappa shape index (κ2) is 5.81. The third-order valence-electron chi connectivity index (χ3n) is 6.95. The van der Waals surface area contributed by atoms with Crippen molar-refractivity contribution in [3.8, 4) is 5.75 Å². The predicted octanol–water partition coefficient (Wildman–Crippen LogP) is 2.21. The zero-order valence-corrected chi connectivity index (χ0v) is 15.3. The maximum absolute atomic E-state index is 13.2. The van der Waals surface area contributed by atoms with Gasteiger partial charge in [-0.25, -0.2) is 0 Å². The summed E-state index contributed by atoms with van der Waals surface area (Å²) in [5.41, 5.74) is 0.250. The molecular formula is C21H26N2O3. The Balaban J connectivity index is 1.35. The average molecular weight is 354 g/mol. The van der Waals surface area contributed by atoms with Crippen LogP contribution in [-0.2, 0) is 4.79 Å². The third-order valence-corrected chi connectivity index (χ3v) is 6.95. The van der Waals surface area contributed by atoms with Crippen molar-refractivity contribution < 1.29 is 14.3 Å². The quantitative estimate of drug-likeness (QED) is 0.776. The van der Waals surface area contributed by atoms with Gasteiger partial charge < -0.3 is 14.5 Å². The van der Waals surface area contributed by atoms with E-state index in [1.54, 1.807) is 0 Å². The van der Waals surface area contributed by atoms with Crippen LogP contribution in [0.5, 0.6) is 5.75 Å². The number of likely N-dealkylation sites (N-methyl/N-ethyl adjacent to an activating group) is 1. The zero-order valence-electron chi connectivity index (χ0n) is 15.3. The zero-order chi connectivity index (χ0) is 17.9. The SMILES string of the molecule is CN1CCCN(C(=O)[C@@H]2[C@@H]3CC[C@]4(CC(=O)c5ccccc5O4)[C@@H]32)CC1. The molecule has 4 atom stereocenters. The highest BCUT2D eigenvalue weighted by Crippen LogP contribution is 2.66. The molecule has 1 spiro atoms. The normalized spacial score (nSPS) is 36.3. The van der Waals surface area contributed by atoms with Crippen LogP contribution in [0, 0.1) is 17.8 Å². The maximum atomic E-state index is 13.2. The number of ketones is 1. The van der Waals surface area contributed by atoms with Gasteiger partial charge >= 0.3 is 0 Å². The van der Waals surface area contributed by atoms with Gasteiger partial charge in [-0.1, -0.05) is 12.1 Å². The summed E-state index contributed by atoms with van der Waals surface area (Å²) in [7, 11) is 2.12. The highest BCUT2D eigenvalue weighted by molar-refractivity contribution is 6.00. The summed E-state index contributed by atoms with van der Waals surface area (Å²) < 4.78 is 6.41. The molecular weight excluding hydrogens is 328 g/mol. The summed E-state index contributed by atoms with van der Waals surface area (Å²) in [6.45, 7) is 3.68. The molecule has 1 saturated heterocycles. The first kappa shape index (κ1) is 16.3. The van der Waals surface area contributed by atoms with E-state index in [-0.39, 0.29) is 17.6 Å². The molecule has 1 aromatic rings. The smallest absolute Gasteiger partial charge is 0.226 e. The van der Waals surface area contributed by atoms with Crippen molar-refractivity contribution in [3.05, 3.63) is 29.8 Å². The van der Waals surface area contributed by atoms with E-state index in [2.05, 4.69) is 16.8 Å². The van der Waals surface area contributed by atoms with Gasteiger partial charge in [0, 0.05) is 31.5 Å². The molecule has 3 fully saturated rings. The number of benzene rings is 1. The second-order valence-corrected chi connectivity index (χ2v) is 8.50. The molecule has 5 heteroatoms. The molecule has 4 aliphatic rings. The number of carbonyl (C=O) groups is 2. The number of fused-ring (bicyclic) bond motifs is 3. The van der Waals surface area contributed by atoms with Gasteiger partial charge in [0.25, 0.3) is 0 Å². The molecule has 5 rings (SSSR count). The first-order chi connectivity index (χ1) is 12.6. The van der Waals surface area contributed by atoms with Crippen LogP contribution in [0.3, 0.4) is 0 Å². The van der Waals surface area contributed by atoms with Crippen molar-refractivity contribution in [2.24, 2.45) is 17.8 Å². The monoisotopic (exact) mass is 354 g/mol. The lowest BCUT2D eigenvalue weighted by atomic mass is 9.84. The van der Waals surface area contributed by atoms with Gasteiger partial charge in [-0.3, -0.25) is 9.59 Å². The van der Waals surface area contributed by atoms with Crippen LogP contribution >= 0.6 is 0 Å². The average Bonchev–Trinajstić information content (AvgIpc) is 3.33. The maximum Gasteiger partial charge on any atom is 0.226 e. The van der Waals surface area contributed by atoms with Crippen LogP contribution in [0.2, 0.25) is 0 Å². The van der Waals surface area contributed by atoms with Gasteiger partial charge in [0.1, 0.15) is 11.4 Å². The summed E-state index contributed by atoms with van der Waals surface area (Å²) in [6, 6.07) is 7.54. The molecule has 0 unspecified atom stereocenters. The summed E-state index contributed by atoms with van der Waals surface area (Å²) in [5, 5.41) is 0. The highest BCUT2D eigenvalue weighted by atomic mass is 16.5. The second-order valence-electron chi connectivity index (χ2n) is 8.50. The number of hydrogen-bond acceptors (Lipinski definition) is 4. The molecule has 0 aromatic heterocycles. The Kier molecular flexibility index (Phi) is 3.64. The van der Waals surface area contributed by atoms with Gasteiger partial charge in [-0.05, 0) is 50.9 Å². The van der Waals surface area contributed by atoms with Crippen molar-refractivity contribution in [2.75, 3.05) is 33.2 Å². The summed E-state index contributed by atoms with van der Waals surface area (Å²) in [4.78, 5) is 30.2. The molecule has 0 N–H and O–H groups in total. The van der Waals surface area contributed by atoms with Crippen LogP contribution in [0.25, 0.3) is 0 Å². The lowest BCUT2D eigenvalue weighted by molar-refractivity contribution is -0.134. The number of para-hydroxylation sites is 1. The van der Waals surface area contributed by atoms with E-state index in [0.717, 1.165) is 45.4 Å². The minimum atomic E-state index is -0.445. The summed E-state index contributed by atoms with van der Waals surface area (Å²) >= 11 is 0. The van der Waals surface area contributed by atoms with Crippen molar-refractivity contribution >= 4 is 11.7 Å². The minimum Gasteiger partial charge on any atom is -0.486 e. The summed E-state index contributed by atoms with van der Waals surface area (Å²) in [6.07, 6.45) is 3.37. The predicted molar refractivity (Wildman–Crippen MR) is 97.1 cm³/mol. The fourth-order valence-electron chi connectivity index (χ4n) is 5.58. The lowest BCUT2D eigenvalue weighted by Gasteiger charge is -2.37. The molecule has 0 radical (unpaired) electrons. The number of hydrogen-bond donors (Lipinski definition) is 0. The van der Waals surface area contributed by atoms with Gasteiger partial charge in [0.05, 0.1) is 12.0 Å². The van der Waals surface area contributed by atoms with Crippen molar-refractivity contribution in [3.63, 3.8) is 0 Å². The Bertz CT molecular complexity index is 763. The van der Waals surface area contributed by atoms with Crippen LogP contribution in [0.1, 0.15) is 36.0 Å². The minimum absolute atomic E-state index is 0.0604. The molecule has 1 amide bonds. The molecule has 5 nitrogen and oxygen atoms in total. The summed E-state index contributed by atoms with van der Waals surface area (Å²) in [5.74, 6) is 1.85. The fraction of sp³-hybridized carbons (Fsp3) is 0.619.